The lowest BCUT2D eigenvalue weighted by molar-refractivity contribution is 0.719. The van der Waals surface area contributed by atoms with E-state index in [4.69, 9.17) is 0 Å². The molecule has 0 aliphatic carbocycles. The van der Waals surface area contributed by atoms with Gasteiger partial charge in [-0.15, -0.1) is 0 Å². The van der Waals surface area contributed by atoms with E-state index >= 15 is 0 Å². The first-order valence-electron chi connectivity index (χ1n) is 3.72. The molecule has 0 bridgehead atoms. The van der Waals surface area contributed by atoms with Crippen molar-refractivity contribution in [3.8, 4) is 0 Å². The van der Waals surface area contributed by atoms with Crippen molar-refractivity contribution in [3.63, 3.8) is 0 Å². The first-order chi connectivity index (χ1) is 4.31. The van der Waals surface area contributed by atoms with Crippen molar-refractivity contribution in [2.75, 3.05) is 6.54 Å². The molecule has 1 N–H and O–H groups in total. The van der Waals surface area contributed by atoms with Gasteiger partial charge in [0.25, 0.3) is 0 Å². The van der Waals surface area contributed by atoms with Crippen LogP contribution < -0.4 is 5.32 Å². The molecule has 0 atom stereocenters. The molecule has 0 aliphatic heterocycles. The molecule has 0 unspecified atom stereocenters. The second-order valence-corrected chi connectivity index (χ2v) is 2.24. The van der Waals surface area contributed by atoms with Crippen LogP contribution >= 0.6 is 0 Å². The Labute approximate surface area is 58.2 Å². The van der Waals surface area contributed by atoms with Crippen molar-refractivity contribution < 1.29 is 0 Å². The van der Waals surface area contributed by atoms with Crippen LogP contribution in [0.4, 0.5) is 0 Å². The first-order valence-corrected chi connectivity index (χ1v) is 3.72. The maximum absolute atomic E-state index is 3.87. The standard InChI is InChI=1S/C8H17N/c1-4-6-7-8(3)9-5-2/h9H,3-7H2,1-2H3. The number of nitrogens with one attached hydrogen (secondary N) is 1. The van der Waals surface area contributed by atoms with Gasteiger partial charge in [0.15, 0.2) is 0 Å². The number of allylic oxidation sites excluding steroid dienone is 1. The maximum Gasteiger partial charge on any atom is 0.0115 e. The number of hydrogen-bond acceptors (Lipinski definition) is 1. The van der Waals surface area contributed by atoms with Crippen molar-refractivity contribution in [1.29, 1.82) is 0 Å². The predicted molar refractivity (Wildman–Crippen MR) is 42.3 cm³/mol. The molecular weight excluding hydrogens is 110 g/mol. The van der Waals surface area contributed by atoms with E-state index in [9.17, 15) is 0 Å². The minimum Gasteiger partial charge on any atom is -0.389 e. The topological polar surface area (TPSA) is 12.0 Å². The highest BCUT2D eigenvalue weighted by Gasteiger charge is 1.87. The third-order valence-electron chi connectivity index (χ3n) is 1.26. The summed E-state index contributed by atoms with van der Waals surface area (Å²) in [4.78, 5) is 0. The van der Waals surface area contributed by atoms with Crippen LogP contribution in [0.3, 0.4) is 0 Å². The highest BCUT2D eigenvalue weighted by Crippen LogP contribution is 1.99. The Morgan fingerprint density at radius 1 is 1.44 bits per heavy atom. The monoisotopic (exact) mass is 127 g/mol. The van der Waals surface area contributed by atoms with E-state index < -0.39 is 0 Å². The number of hydrogen-bond donors (Lipinski definition) is 1. The molecule has 0 aromatic heterocycles. The van der Waals surface area contributed by atoms with Crippen molar-refractivity contribution in [3.05, 3.63) is 12.3 Å². The summed E-state index contributed by atoms with van der Waals surface area (Å²) in [7, 11) is 0. The summed E-state index contributed by atoms with van der Waals surface area (Å²) >= 11 is 0. The van der Waals surface area contributed by atoms with Crippen LogP contribution in [0.2, 0.25) is 0 Å². The molecule has 0 fully saturated rings. The van der Waals surface area contributed by atoms with Gasteiger partial charge in [-0.3, -0.25) is 0 Å². The van der Waals surface area contributed by atoms with Gasteiger partial charge in [0.2, 0.25) is 0 Å². The zero-order valence-corrected chi connectivity index (χ0v) is 6.54. The number of unbranched alkanes of at least 4 members (excludes halogenated alkanes) is 1. The van der Waals surface area contributed by atoms with E-state index in [1.165, 1.54) is 18.5 Å². The summed E-state index contributed by atoms with van der Waals surface area (Å²) in [5.41, 5.74) is 1.18. The normalized spacial score (nSPS) is 9.11. The van der Waals surface area contributed by atoms with Crippen LogP contribution in [0, 0.1) is 0 Å². The average Bonchev–Trinajstić information content (AvgIpc) is 1.85. The molecule has 0 aromatic carbocycles. The van der Waals surface area contributed by atoms with Crippen molar-refractivity contribution >= 4 is 0 Å². The van der Waals surface area contributed by atoms with Gasteiger partial charge in [0, 0.05) is 12.2 Å². The molecule has 9 heavy (non-hydrogen) atoms. The molecular formula is C8H17N. The van der Waals surface area contributed by atoms with E-state index in [1.54, 1.807) is 0 Å². The molecule has 0 heterocycles. The van der Waals surface area contributed by atoms with Crippen molar-refractivity contribution in [1.82, 2.24) is 5.32 Å². The van der Waals surface area contributed by atoms with Gasteiger partial charge in [0.05, 0.1) is 0 Å². The Hall–Kier alpha value is -0.460. The Morgan fingerprint density at radius 3 is 2.56 bits per heavy atom. The van der Waals surface area contributed by atoms with E-state index in [2.05, 4.69) is 25.7 Å². The maximum atomic E-state index is 3.87. The van der Waals surface area contributed by atoms with Gasteiger partial charge in [-0.05, 0) is 19.8 Å². The Balaban J connectivity index is 3.06. The van der Waals surface area contributed by atoms with E-state index in [0.29, 0.717) is 0 Å². The molecule has 54 valence electrons. The highest BCUT2D eigenvalue weighted by atomic mass is 14.9. The third-order valence-corrected chi connectivity index (χ3v) is 1.26. The summed E-state index contributed by atoms with van der Waals surface area (Å²) in [5, 5.41) is 3.19. The molecule has 0 aliphatic rings. The predicted octanol–water partition coefficient (Wildman–Crippen LogP) is 2.30. The second kappa shape index (κ2) is 5.67. The zero-order chi connectivity index (χ0) is 7.11. The van der Waals surface area contributed by atoms with Crippen LogP contribution in [-0.2, 0) is 0 Å². The Kier molecular flexibility index (Phi) is 5.38. The minimum atomic E-state index is 1.00. The summed E-state index contributed by atoms with van der Waals surface area (Å²) in [6.45, 7) is 9.16. The molecule has 0 saturated heterocycles. The van der Waals surface area contributed by atoms with Crippen molar-refractivity contribution in [2.45, 2.75) is 33.1 Å². The van der Waals surface area contributed by atoms with Gasteiger partial charge < -0.3 is 5.32 Å². The van der Waals surface area contributed by atoms with Gasteiger partial charge in [-0.25, -0.2) is 0 Å². The first kappa shape index (κ1) is 8.54. The highest BCUT2D eigenvalue weighted by molar-refractivity contribution is 4.89. The third kappa shape index (κ3) is 5.41. The lowest BCUT2D eigenvalue weighted by Crippen LogP contribution is -2.10. The van der Waals surface area contributed by atoms with Gasteiger partial charge >= 0.3 is 0 Å². The van der Waals surface area contributed by atoms with Crippen LogP contribution in [0.5, 0.6) is 0 Å². The molecule has 0 radical (unpaired) electrons. The summed E-state index contributed by atoms with van der Waals surface area (Å²) in [5.74, 6) is 0. The largest absolute Gasteiger partial charge is 0.389 e. The summed E-state index contributed by atoms with van der Waals surface area (Å²) in [6.07, 6.45) is 3.64. The summed E-state index contributed by atoms with van der Waals surface area (Å²) in [6, 6.07) is 0. The second-order valence-electron chi connectivity index (χ2n) is 2.24. The minimum absolute atomic E-state index is 1.00. The molecule has 0 rings (SSSR count). The molecule has 0 amide bonds. The van der Waals surface area contributed by atoms with Gasteiger partial charge in [-0.1, -0.05) is 19.9 Å². The fourth-order valence-electron chi connectivity index (χ4n) is 0.729. The fourth-order valence-corrected chi connectivity index (χ4v) is 0.729. The van der Waals surface area contributed by atoms with Gasteiger partial charge in [-0.2, -0.15) is 0 Å². The van der Waals surface area contributed by atoms with Crippen molar-refractivity contribution in [2.24, 2.45) is 0 Å². The molecule has 1 heteroatoms. The van der Waals surface area contributed by atoms with Crippen LogP contribution in [0.15, 0.2) is 12.3 Å². The van der Waals surface area contributed by atoms with E-state index in [-0.39, 0.29) is 0 Å². The Bertz CT molecular complexity index is 76.6. The number of rotatable bonds is 5. The molecule has 0 saturated carbocycles. The molecule has 0 spiro atoms. The SMILES string of the molecule is C=C(CCCC)NCC. The average molecular weight is 127 g/mol. The quantitative estimate of drug-likeness (QED) is 0.597. The molecule has 1 nitrogen and oxygen atoms in total. The van der Waals surface area contributed by atoms with E-state index in [1.807, 2.05) is 0 Å². The van der Waals surface area contributed by atoms with Crippen LogP contribution in [0.1, 0.15) is 33.1 Å². The zero-order valence-electron chi connectivity index (χ0n) is 6.54. The Morgan fingerprint density at radius 2 is 2.11 bits per heavy atom. The lowest BCUT2D eigenvalue weighted by atomic mass is 10.2. The summed E-state index contributed by atoms with van der Waals surface area (Å²) < 4.78 is 0. The van der Waals surface area contributed by atoms with Crippen LogP contribution in [-0.4, -0.2) is 6.54 Å². The van der Waals surface area contributed by atoms with Gasteiger partial charge in [0.1, 0.15) is 0 Å². The molecule has 0 aromatic rings. The fraction of sp³-hybridized carbons (Fsp3) is 0.750. The van der Waals surface area contributed by atoms with Crippen LogP contribution in [0.25, 0.3) is 0 Å². The smallest absolute Gasteiger partial charge is 0.0115 e. The van der Waals surface area contributed by atoms with E-state index in [0.717, 1.165) is 13.0 Å². The lowest BCUT2D eigenvalue weighted by Gasteiger charge is -2.04.